The predicted octanol–water partition coefficient (Wildman–Crippen LogP) is 2.66. The molecule has 8 nitrogen and oxygen atoms in total. The number of amides is 1. The fraction of sp³-hybridized carbons (Fsp3) is 0.619. The predicted molar refractivity (Wildman–Crippen MR) is 111 cm³/mol. The van der Waals surface area contributed by atoms with Gasteiger partial charge in [0, 0.05) is 33.0 Å². The lowest BCUT2D eigenvalue weighted by Gasteiger charge is -2.31. The summed E-state index contributed by atoms with van der Waals surface area (Å²) in [5.74, 6) is 2.83. The number of anilines is 2. The molecule has 1 atom stereocenters. The molecule has 0 aliphatic carbocycles. The van der Waals surface area contributed by atoms with E-state index in [0.717, 1.165) is 62.8 Å². The number of carbonyl (C=O) groups excluding carboxylic acids is 1. The van der Waals surface area contributed by atoms with Crippen molar-refractivity contribution in [1.29, 1.82) is 0 Å². The van der Waals surface area contributed by atoms with Crippen LogP contribution in [-0.2, 0) is 11.2 Å². The van der Waals surface area contributed by atoms with Gasteiger partial charge in [0.2, 0.25) is 11.8 Å². The maximum atomic E-state index is 12.5. The Labute approximate surface area is 171 Å². The number of aromatic nitrogens is 3. The second-order valence-electron chi connectivity index (χ2n) is 8.18. The number of pyridine rings is 1. The molecular weight excluding hydrogens is 368 g/mol. The summed E-state index contributed by atoms with van der Waals surface area (Å²) in [5, 5.41) is 6.98. The van der Waals surface area contributed by atoms with Crippen molar-refractivity contribution in [2.75, 3.05) is 42.9 Å². The Morgan fingerprint density at radius 2 is 2.07 bits per heavy atom. The van der Waals surface area contributed by atoms with Gasteiger partial charge in [-0.3, -0.25) is 9.69 Å². The van der Waals surface area contributed by atoms with Crippen molar-refractivity contribution in [2.45, 2.75) is 45.4 Å². The van der Waals surface area contributed by atoms with E-state index in [0.29, 0.717) is 18.4 Å². The van der Waals surface area contributed by atoms with Crippen LogP contribution in [0.25, 0.3) is 0 Å². The van der Waals surface area contributed by atoms with E-state index in [1.54, 1.807) is 6.20 Å². The Morgan fingerprint density at radius 1 is 1.21 bits per heavy atom. The molecule has 1 N–H and O–H groups in total. The minimum Gasteiger partial charge on any atom is -0.357 e. The first-order valence-corrected chi connectivity index (χ1v) is 10.7. The minimum absolute atomic E-state index is 0.00794. The number of nitrogens with zero attached hydrogens (tertiary/aromatic N) is 5. The highest BCUT2D eigenvalue weighted by Crippen LogP contribution is 2.21. The van der Waals surface area contributed by atoms with Crippen LogP contribution < -0.4 is 10.2 Å². The molecule has 0 saturated carbocycles. The topological polar surface area (TPSA) is 87.4 Å². The number of piperidine rings is 2. The molecule has 2 aliphatic rings. The van der Waals surface area contributed by atoms with E-state index in [2.05, 4.69) is 30.2 Å². The number of aryl methyl sites for hydroxylation is 1. The van der Waals surface area contributed by atoms with Gasteiger partial charge in [-0.2, -0.15) is 4.98 Å². The Hall–Kier alpha value is -2.48. The number of rotatable bonds is 6. The van der Waals surface area contributed by atoms with Gasteiger partial charge in [0.15, 0.2) is 5.82 Å². The standard InChI is InChI=1S/C21H30N6O2/c1-16-23-19(25-29-16)12-17-6-5-9-26(14-17)15-21(28)24-18-7-8-20(22-13-18)27-10-3-2-4-11-27/h7-8,13,17H,2-6,9-12,14-15H2,1H3,(H,24,28). The van der Waals surface area contributed by atoms with Gasteiger partial charge in [0.1, 0.15) is 5.82 Å². The summed E-state index contributed by atoms with van der Waals surface area (Å²) in [5.41, 5.74) is 0.756. The summed E-state index contributed by atoms with van der Waals surface area (Å²) >= 11 is 0. The Bertz CT molecular complexity index is 800. The van der Waals surface area contributed by atoms with Gasteiger partial charge >= 0.3 is 0 Å². The van der Waals surface area contributed by atoms with Gasteiger partial charge in [0.05, 0.1) is 18.4 Å². The average Bonchev–Trinajstić information content (AvgIpc) is 3.14. The fourth-order valence-electron chi connectivity index (χ4n) is 4.32. The van der Waals surface area contributed by atoms with Crippen molar-refractivity contribution < 1.29 is 9.32 Å². The number of hydrogen-bond acceptors (Lipinski definition) is 7. The zero-order valence-corrected chi connectivity index (χ0v) is 17.1. The van der Waals surface area contributed by atoms with Gasteiger partial charge in [-0.25, -0.2) is 4.98 Å². The molecule has 2 aromatic rings. The molecule has 2 fully saturated rings. The molecule has 1 amide bonds. The van der Waals surface area contributed by atoms with Crippen molar-refractivity contribution >= 4 is 17.4 Å². The highest BCUT2D eigenvalue weighted by molar-refractivity contribution is 5.92. The van der Waals surface area contributed by atoms with Crippen LogP contribution in [0.1, 0.15) is 43.8 Å². The molecule has 2 saturated heterocycles. The van der Waals surface area contributed by atoms with Crippen LogP contribution in [0.15, 0.2) is 22.9 Å². The third-order valence-electron chi connectivity index (χ3n) is 5.72. The summed E-state index contributed by atoms with van der Waals surface area (Å²) in [4.78, 5) is 25.9. The average molecular weight is 399 g/mol. The molecule has 8 heteroatoms. The summed E-state index contributed by atoms with van der Waals surface area (Å²) in [7, 11) is 0. The molecule has 29 heavy (non-hydrogen) atoms. The molecule has 156 valence electrons. The first kappa shape index (κ1) is 19.8. The van der Waals surface area contributed by atoms with Crippen LogP contribution in [0.2, 0.25) is 0 Å². The van der Waals surface area contributed by atoms with Crippen molar-refractivity contribution in [1.82, 2.24) is 20.0 Å². The fourth-order valence-corrected chi connectivity index (χ4v) is 4.32. The highest BCUT2D eigenvalue weighted by Gasteiger charge is 2.23. The number of nitrogens with one attached hydrogen (secondary N) is 1. The summed E-state index contributed by atoms with van der Waals surface area (Å²) in [6.07, 6.45) is 8.54. The van der Waals surface area contributed by atoms with Gasteiger partial charge in [-0.05, 0) is 56.7 Å². The van der Waals surface area contributed by atoms with E-state index in [9.17, 15) is 4.79 Å². The molecule has 0 aromatic carbocycles. The zero-order valence-electron chi connectivity index (χ0n) is 17.1. The smallest absolute Gasteiger partial charge is 0.238 e. The van der Waals surface area contributed by atoms with Crippen molar-refractivity contribution in [3.8, 4) is 0 Å². The second-order valence-corrected chi connectivity index (χ2v) is 8.18. The van der Waals surface area contributed by atoms with Crippen LogP contribution in [0.5, 0.6) is 0 Å². The number of likely N-dealkylation sites (tertiary alicyclic amines) is 1. The molecule has 1 unspecified atom stereocenters. The van der Waals surface area contributed by atoms with E-state index >= 15 is 0 Å². The lowest BCUT2D eigenvalue weighted by Crippen LogP contribution is -2.41. The lowest BCUT2D eigenvalue weighted by atomic mass is 9.94. The van der Waals surface area contributed by atoms with Crippen molar-refractivity contribution in [2.24, 2.45) is 5.92 Å². The first-order valence-electron chi connectivity index (χ1n) is 10.7. The Morgan fingerprint density at radius 3 is 2.79 bits per heavy atom. The van der Waals surface area contributed by atoms with E-state index in [4.69, 9.17) is 4.52 Å². The van der Waals surface area contributed by atoms with Gasteiger partial charge in [0.25, 0.3) is 0 Å². The van der Waals surface area contributed by atoms with E-state index in [-0.39, 0.29) is 5.91 Å². The van der Waals surface area contributed by atoms with Crippen LogP contribution in [-0.4, -0.2) is 58.7 Å². The van der Waals surface area contributed by atoms with Gasteiger partial charge in [-0.1, -0.05) is 5.16 Å². The van der Waals surface area contributed by atoms with E-state index in [1.807, 2.05) is 19.1 Å². The van der Waals surface area contributed by atoms with Gasteiger partial charge in [-0.15, -0.1) is 0 Å². The lowest BCUT2D eigenvalue weighted by molar-refractivity contribution is -0.117. The van der Waals surface area contributed by atoms with Gasteiger partial charge < -0.3 is 14.7 Å². The molecule has 4 heterocycles. The zero-order chi connectivity index (χ0) is 20.1. The SMILES string of the molecule is Cc1nc(CC2CCCN(CC(=O)Nc3ccc(N4CCCCC4)nc3)C2)no1. The molecule has 0 radical (unpaired) electrons. The third-order valence-corrected chi connectivity index (χ3v) is 5.72. The van der Waals surface area contributed by atoms with E-state index < -0.39 is 0 Å². The van der Waals surface area contributed by atoms with Crippen molar-refractivity contribution in [3.63, 3.8) is 0 Å². The first-order chi connectivity index (χ1) is 14.2. The second kappa shape index (κ2) is 9.35. The normalized spacial score (nSPS) is 20.6. The van der Waals surface area contributed by atoms with Crippen LogP contribution in [0, 0.1) is 12.8 Å². The maximum Gasteiger partial charge on any atom is 0.238 e. The Kier molecular flexibility index (Phi) is 6.39. The largest absolute Gasteiger partial charge is 0.357 e. The maximum absolute atomic E-state index is 12.5. The highest BCUT2D eigenvalue weighted by atomic mass is 16.5. The minimum atomic E-state index is 0.00794. The molecular formula is C21H30N6O2. The van der Waals surface area contributed by atoms with Crippen molar-refractivity contribution in [3.05, 3.63) is 30.0 Å². The Balaban J connectivity index is 1.25. The third kappa shape index (κ3) is 5.53. The summed E-state index contributed by atoms with van der Waals surface area (Å²) in [6.45, 7) is 6.17. The molecule has 2 aliphatic heterocycles. The molecule has 2 aromatic heterocycles. The quantitative estimate of drug-likeness (QED) is 0.800. The molecule has 4 rings (SSSR count). The van der Waals surface area contributed by atoms with E-state index in [1.165, 1.54) is 19.3 Å². The van der Waals surface area contributed by atoms with Crippen LogP contribution >= 0.6 is 0 Å². The molecule has 0 spiro atoms. The van der Waals surface area contributed by atoms with Crippen LogP contribution in [0.3, 0.4) is 0 Å². The number of carbonyl (C=O) groups is 1. The monoisotopic (exact) mass is 398 g/mol. The number of hydrogen-bond donors (Lipinski definition) is 1. The molecule has 0 bridgehead atoms. The summed E-state index contributed by atoms with van der Waals surface area (Å²) in [6, 6.07) is 3.96. The van der Waals surface area contributed by atoms with Crippen LogP contribution in [0.4, 0.5) is 11.5 Å². The summed E-state index contributed by atoms with van der Waals surface area (Å²) < 4.78 is 5.06.